The van der Waals surface area contributed by atoms with Crippen LogP contribution in [0.1, 0.15) is 37.7 Å². The van der Waals surface area contributed by atoms with E-state index in [2.05, 4.69) is 4.98 Å². The van der Waals surface area contributed by atoms with E-state index in [1.54, 1.807) is 13.0 Å². The molecule has 1 nitrogen and oxygen atoms in total. The maximum absolute atomic E-state index is 12.6. The molecule has 94 valence electrons. The monoisotopic (exact) mass is 261 g/mol. The van der Waals surface area contributed by atoms with E-state index in [1.165, 1.54) is 0 Å². The lowest BCUT2D eigenvalue weighted by atomic mass is 10.0. The van der Waals surface area contributed by atoms with Crippen LogP contribution in [0.15, 0.2) is 12.1 Å². The zero-order chi connectivity index (χ0) is 13.2. The predicted octanol–water partition coefficient (Wildman–Crippen LogP) is 4.04. The van der Waals surface area contributed by atoms with E-state index in [0.29, 0.717) is 16.8 Å². The van der Waals surface area contributed by atoms with Crippen molar-refractivity contribution in [3.05, 3.63) is 29.1 Å². The normalized spacial score (nSPS) is 11.9. The van der Waals surface area contributed by atoms with Crippen molar-refractivity contribution in [2.24, 2.45) is 5.92 Å². The first-order valence-corrected chi connectivity index (χ1v) is 5.70. The summed E-state index contributed by atoms with van der Waals surface area (Å²) in [6, 6.07) is 2.74. The van der Waals surface area contributed by atoms with Gasteiger partial charge in [0.15, 0.2) is 0 Å². The number of rotatable bonds is 3. The molecule has 1 heterocycles. The van der Waals surface area contributed by atoms with E-state index in [1.807, 2.05) is 13.8 Å². The van der Waals surface area contributed by atoms with Gasteiger partial charge in [0, 0.05) is 4.86 Å². The smallest absolute Gasteiger partial charge is 0.243 e. The lowest BCUT2D eigenvalue weighted by molar-refractivity contribution is -0.141. The fourth-order valence-electron chi connectivity index (χ4n) is 1.50. The Labute approximate surface area is 104 Å². The van der Waals surface area contributed by atoms with Crippen molar-refractivity contribution >= 4 is 17.1 Å². The fraction of sp³-hybridized carbons (Fsp3) is 0.500. The Morgan fingerprint density at radius 2 is 1.94 bits per heavy atom. The van der Waals surface area contributed by atoms with Crippen molar-refractivity contribution in [1.82, 2.24) is 4.98 Å². The minimum atomic E-state index is -4.42. The second kappa shape index (κ2) is 5.12. The van der Waals surface area contributed by atoms with Gasteiger partial charge in [0.1, 0.15) is 5.69 Å². The highest BCUT2D eigenvalue weighted by Crippen LogP contribution is 2.29. The number of nitrogens with zero attached hydrogens (tertiary/aromatic N) is 1. The van der Waals surface area contributed by atoms with Gasteiger partial charge in [-0.15, -0.1) is 0 Å². The maximum Gasteiger partial charge on any atom is 0.433 e. The van der Waals surface area contributed by atoms with Crippen molar-refractivity contribution in [3.8, 4) is 0 Å². The third-order valence-electron chi connectivity index (χ3n) is 2.18. The van der Waals surface area contributed by atoms with Gasteiger partial charge < -0.3 is 0 Å². The van der Waals surface area contributed by atoms with Gasteiger partial charge in [-0.3, -0.25) is 0 Å². The molecule has 1 aromatic rings. The molecule has 0 saturated carbocycles. The number of pyridine rings is 1. The van der Waals surface area contributed by atoms with Crippen LogP contribution in [-0.2, 0) is 12.6 Å². The molecular formula is C12H14F3NS. The van der Waals surface area contributed by atoms with E-state index in [9.17, 15) is 13.2 Å². The lowest BCUT2D eigenvalue weighted by Gasteiger charge is -2.12. The van der Waals surface area contributed by atoms with E-state index >= 15 is 0 Å². The zero-order valence-electron chi connectivity index (χ0n) is 9.93. The first kappa shape index (κ1) is 14.1. The molecular weight excluding hydrogens is 247 g/mol. The van der Waals surface area contributed by atoms with E-state index in [-0.39, 0.29) is 11.6 Å². The summed E-state index contributed by atoms with van der Waals surface area (Å²) in [5, 5.41) is 0. The summed E-state index contributed by atoms with van der Waals surface area (Å²) in [7, 11) is 0. The fourth-order valence-corrected chi connectivity index (χ4v) is 1.61. The van der Waals surface area contributed by atoms with Gasteiger partial charge in [0.2, 0.25) is 0 Å². The molecule has 17 heavy (non-hydrogen) atoms. The van der Waals surface area contributed by atoms with Gasteiger partial charge in [0.05, 0.1) is 5.69 Å². The number of hydrogen-bond acceptors (Lipinski definition) is 2. The minimum absolute atomic E-state index is 0.241. The Bertz CT molecular complexity index is 424. The summed E-state index contributed by atoms with van der Waals surface area (Å²) in [5.41, 5.74) is 0.00171. The first-order valence-electron chi connectivity index (χ1n) is 5.29. The highest BCUT2D eigenvalue weighted by atomic mass is 32.1. The van der Waals surface area contributed by atoms with Crippen LogP contribution in [0.5, 0.6) is 0 Å². The molecule has 0 aliphatic heterocycles. The standard InChI is InChI=1S/C12H14F3NS/c1-7(2)4-9-5-10(8(3)17)16-11(6-9)12(13,14)15/h5-7H,4H2,1-3H3. The van der Waals surface area contributed by atoms with Gasteiger partial charge in [0.25, 0.3) is 0 Å². The molecule has 0 aromatic carbocycles. The number of thiocarbonyl (C=S) groups is 1. The molecule has 1 aromatic heterocycles. The van der Waals surface area contributed by atoms with Crippen LogP contribution < -0.4 is 0 Å². The third-order valence-corrected chi connectivity index (χ3v) is 2.39. The average molecular weight is 261 g/mol. The van der Waals surface area contributed by atoms with Crippen molar-refractivity contribution in [2.75, 3.05) is 0 Å². The Hall–Kier alpha value is -0.970. The second-order valence-electron chi connectivity index (χ2n) is 4.40. The molecule has 0 saturated heterocycles. The molecule has 1 rings (SSSR count). The summed E-state index contributed by atoms with van der Waals surface area (Å²) < 4.78 is 37.9. The van der Waals surface area contributed by atoms with Gasteiger partial charge in [-0.1, -0.05) is 26.1 Å². The molecule has 0 fully saturated rings. The third kappa shape index (κ3) is 4.07. The summed E-state index contributed by atoms with van der Waals surface area (Å²) in [4.78, 5) is 3.92. The van der Waals surface area contributed by atoms with Crippen LogP contribution >= 0.6 is 12.2 Å². The highest BCUT2D eigenvalue weighted by molar-refractivity contribution is 7.80. The molecule has 0 bridgehead atoms. The molecule has 0 amide bonds. The largest absolute Gasteiger partial charge is 0.433 e. The van der Waals surface area contributed by atoms with Crippen molar-refractivity contribution in [3.63, 3.8) is 0 Å². The molecule has 0 unspecified atom stereocenters. The second-order valence-corrected chi connectivity index (χ2v) is 5.01. The van der Waals surface area contributed by atoms with Crippen LogP contribution in [-0.4, -0.2) is 9.85 Å². The van der Waals surface area contributed by atoms with Gasteiger partial charge in [-0.05, 0) is 37.0 Å². The van der Waals surface area contributed by atoms with Crippen molar-refractivity contribution in [2.45, 2.75) is 33.4 Å². The molecule has 5 heteroatoms. The van der Waals surface area contributed by atoms with Crippen LogP contribution in [0.4, 0.5) is 13.2 Å². The molecule has 0 aliphatic carbocycles. The Morgan fingerprint density at radius 1 is 1.35 bits per heavy atom. The van der Waals surface area contributed by atoms with Gasteiger partial charge in [-0.25, -0.2) is 4.98 Å². The summed E-state index contributed by atoms with van der Waals surface area (Å²) in [6.45, 7) is 5.49. The Kier molecular flexibility index (Phi) is 4.25. The minimum Gasteiger partial charge on any atom is -0.243 e. The first-order chi connectivity index (χ1) is 7.70. The van der Waals surface area contributed by atoms with Crippen molar-refractivity contribution in [1.29, 1.82) is 0 Å². The molecule has 0 spiro atoms. The van der Waals surface area contributed by atoms with Crippen LogP contribution in [0.2, 0.25) is 0 Å². The van der Waals surface area contributed by atoms with Gasteiger partial charge in [-0.2, -0.15) is 13.2 Å². The maximum atomic E-state index is 12.6. The molecule has 0 atom stereocenters. The number of halogens is 3. The van der Waals surface area contributed by atoms with Crippen molar-refractivity contribution < 1.29 is 13.2 Å². The van der Waals surface area contributed by atoms with Gasteiger partial charge >= 0.3 is 6.18 Å². The van der Waals surface area contributed by atoms with Crippen LogP contribution in [0.3, 0.4) is 0 Å². The van der Waals surface area contributed by atoms with Crippen LogP contribution in [0, 0.1) is 5.92 Å². The molecule has 0 radical (unpaired) electrons. The number of hydrogen-bond donors (Lipinski definition) is 0. The quantitative estimate of drug-likeness (QED) is 0.601. The molecule has 0 aliphatic rings. The zero-order valence-corrected chi connectivity index (χ0v) is 10.7. The van der Waals surface area contributed by atoms with E-state index < -0.39 is 11.9 Å². The highest BCUT2D eigenvalue weighted by Gasteiger charge is 2.33. The van der Waals surface area contributed by atoms with Crippen LogP contribution in [0.25, 0.3) is 0 Å². The Balaban J connectivity index is 3.24. The number of aromatic nitrogens is 1. The summed E-state index contributed by atoms with van der Waals surface area (Å²) in [5.74, 6) is 0.289. The van der Waals surface area contributed by atoms with E-state index in [0.717, 1.165) is 6.07 Å². The number of alkyl halides is 3. The average Bonchev–Trinajstić information content (AvgIpc) is 2.14. The predicted molar refractivity (Wildman–Crippen MR) is 65.2 cm³/mol. The SMILES string of the molecule is CC(=S)c1cc(CC(C)C)cc(C(F)(F)F)n1. The molecule has 0 N–H and O–H groups in total. The van der Waals surface area contributed by atoms with E-state index in [4.69, 9.17) is 12.2 Å². The summed E-state index contributed by atoms with van der Waals surface area (Å²) in [6.07, 6.45) is -3.84. The lowest BCUT2D eigenvalue weighted by Crippen LogP contribution is -2.12. The topological polar surface area (TPSA) is 12.9 Å². The Morgan fingerprint density at radius 3 is 2.35 bits per heavy atom. The summed E-state index contributed by atoms with van der Waals surface area (Å²) >= 11 is 4.89.